The average molecular weight is 496 g/mol. The molecule has 4 aromatic rings. The molecule has 1 fully saturated rings. The number of carbonyl (C=O) groups is 2. The molecule has 9 heteroatoms. The second kappa shape index (κ2) is 9.01. The molecule has 4 heterocycles. The molecule has 0 unspecified atom stereocenters. The lowest BCUT2D eigenvalue weighted by Gasteiger charge is -2.23. The van der Waals surface area contributed by atoms with Gasteiger partial charge in [0.15, 0.2) is 0 Å². The first-order valence-electron chi connectivity index (χ1n) is 12.5. The molecule has 9 nitrogen and oxygen atoms in total. The summed E-state index contributed by atoms with van der Waals surface area (Å²) in [4.78, 5) is 32.9. The first kappa shape index (κ1) is 23.2. The number of H-pyrrole nitrogens is 1. The minimum atomic E-state index is -0.286. The Morgan fingerprint density at radius 3 is 2.81 bits per heavy atom. The standard InChI is InChI=1S/C28H29N7O2/c1-28(2)16-35(27(37)22-6-4-11-29-22)24-14-19(9-10-21(24)28)33-26(36)20-5-3-12-30-25(20)32-18-8-7-17-15-31-34-23(17)13-18/h3,5,7-10,12-15,22,29H,4,6,11,16H2,1-2H3,(H,30,32)(H,31,34)(H,33,36)/t22-/m0/s1. The maximum Gasteiger partial charge on any atom is 0.259 e. The Morgan fingerprint density at radius 2 is 1.97 bits per heavy atom. The Kier molecular flexibility index (Phi) is 5.64. The van der Waals surface area contributed by atoms with Crippen molar-refractivity contribution in [2.75, 3.05) is 28.6 Å². The molecule has 0 aliphatic carbocycles. The summed E-state index contributed by atoms with van der Waals surface area (Å²) in [7, 11) is 0. The second-order valence-electron chi connectivity index (χ2n) is 10.3. The van der Waals surface area contributed by atoms with Crippen molar-refractivity contribution in [3.05, 3.63) is 72.1 Å². The van der Waals surface area contributed by atoms with Gasteiger partial charge in [0.1, 0.15) is 5.82 Å². The van der Waals surface area contributed by atoms with Crippen LogP contribution < -0.4 is 20.9 Å². The van der Waals surface area contributed by atoms with Crippen molar-refractivity contribution in [1.29, 1.82) is 0 Å². The summed E-state index contributed by atoms with van der Waals surface area (Å²) < 4.78 is 0. The van der Waals surface area contributed by atoms with Gasteiger partial charge in [-0.3, -0.25) is 14.7 Å². The molecule has 0 bridgehead atoms. The van der Waals surface area contributed by atoms with Crippen LogP contribution in [-0.4, -0.2) is 46.1 Å². The van der Waals surface area contributed by atoms with Crippen LogP contribution in [0.25, 0.3) is 10.9 Å². The Bertz CT molecular complexity index is 1500. The predicted molar refractivity (Wildman–Crippen MR) is 144 cm³/mol. The van der Waals surface area contributed by atoms with E-state index in [-0.39, 0.29) is 23.3 Å². The molecule has 2 aromatic carbocycles. The number of fused-ring (bicyclic) bond motifs is 2. The zero-order valence-electron chi connectivity index (χ0n) is 20.8. The summed E-state index contributed by atoms with van der Waals surface area (Å²) in [5, 5.41) is 17.6. The first-order chi connectivity index (χ1) is 17.9. The SMILES string of the molecule is CC1(C)CN(C(=O)[C@@H]2CCCN2)c2cc(NC(=O)c3cccnc3Nc3ccc4cn[nH]c4c3)ccc21. The second-order valence-corrected chi connectivity index (χ2v) is 10.3. The topological polar surface area (TPSA) is 115 Å². The van der Waals surface area contributed by atoms with E-state index in [9.17, 15) is 9.59 Å². The summed E-state index contributed by atoms with van der Waals surface area (Å²) in [6.45, 7) is 5.78. The van der Waals surface area contributed by atoms with Crippen LogP contribution in [0.4, 0.5) is 22.9 Å². The molecule has 0 spiro atoms. The van der Waals surface area contributed by atoms with Gasteiger partial charge in [0.2, 0.25) is 5.91 Å². The number of hydrogen-bond donors (Lipinski definition) is 4. The fraction of sp³-hybridized carbons (Fsp3) is 0.286. The summed E-state index contributed by atoms with van der Waals surface area (Å²) in [5.41, 5.74) is 4.53. The molecule has 2 aromatic heterocycles. The van der Waals surface area contributed by atoms with Gasteiger partial charge in [-0.1, -0.05) is 19.9 Å². The number of anilines is 4. The minimum Gasteiger partial charge on any atom is -0.340 e. The normalized spacial score (nSPS) is 18.1. The van der Waals surface area contributed by atoms with Gasteiger partial charge in [0, 0.05) is 40.6 Å². The summed E-state index contributed by atoms with van der Waals surface area (Å²) in [6, 6.07) is 14.9. The van der Waals surface area contributed by atoms with Crippen LogP contribution in [0.2, 0.25) is 0 Å². The van der Waals surface area contributed by atoms with Crippen molar-refractivity contribution >= 4 is 45.6 Å². The fourth-order valence-corrected chi connectivity index (χ4v) is 5.29. The predicted octanol–water partition coefficient (Wildman–Crippen LogP) is 4.33. The van der Waals surface area contributed by atoms with Gasteiger partial charge >= 0.3 is 0 Å². The highest BCUT2D eigenvalue weighted by Gasteiger charge is 2.40. The Balaban J connectivity index is 1.25. The van der Waals surface area contributed by atoms with E-state index in [0.29, 0.717) is 23.6 Å². The van der Waals surface area contributed by atoms with Gasteiger partial charge in [0.25, 0.3) is 5.91 Å². The number of aromatic nitrogens is 3. The van der Waals surface area contributed by atoms with Gasteiger partial charge in [-0.2, -0.15) is 5.10 Å². The number of nitrogens with zero attached hydrogens (tertiary/aromatic N) is 3. The number of hydrogen-bond acceptors (Lipinski definition) is 6. The Labute approximate surface area is 214 Å². The summed E-state index contributed by atoms with van der Waals surface area (Å²) >= 11 is 0. The first-order valence-corrected chi connectivity index (χ1v) is 12.5. The minimum absolute atomic E-state index is 0.0979. The highest BCUT2D eigenvalue weighted by molar-refractivity contribution is 6.08. The monoisotopic (exact) mass is 495 g/mol. The Hall–Kier alpha value is -4.24. The molecule has 2 aliphatic rings. The van der Waals surface area contributed by atoms with Crippen molar-refractivity contribution in [3.63, 3.8) is 0 Å². The van der Waals surface area contributed by atoms with E-state index in [4.69, 9.17) is 0 Å². The highest BCUT2D eigenvalue weighted by Crippen LogP contribution is 2.42. The van der Waals surface area contributed by atoms with E-state index in [1.165, 1.54) is 0 Å². The summed E-state index contributed by atoms with van der Waals surface area (Å²) in [6.07, 6.45) is 5.26. The van der Waals surface area contributed by atoms with Gasteiger partial charge in [-0.05, 0) is 67.4 Å². The summed E-state index contributed by atoms with van der Waals surface area (Å²) in [5.74, 6) is 0.261. The molecule has 0 radical (unpaired) electrons. The van der Waals surface area contributed by atoms with Crippen LogP contribution in [0.1, 0.15) is 42.6 Å². The van der Waals surface area contributed by atoms with Crippen molar-refractivity contribution in [2.45, 2.75) is 38.1 Å². The third-order valence-corrected chi connectivity index (χ3v) is 7.21. The molecule has 37 heavy (non-hydrogen) atoms. The van der Waals surface area contributed by atoms with Crippen molar-refractivity contribution < 1.29 is 9.59 Å². The number of pyridine rings is 1. The molecule has 188 valence electrons. The molecular weight excluding hydrogens is 466 g/mol. The maximum absolute atomic E-state index is 13.4. The van der Waals surface area contributed by atoms with E-state index in [1.54, 1.807) is 24.5 Å². The van der Waals surface area contributed by atoms with Crippen LogP contribution in [0.15, 0.2) is 60.9 Å². The lowest BCUT2D eigenvalue weighted by molar-refractivity contribution is -0.120. The molecule has 6 rings (SSSR count). The molecule has 1 atom stereocenters. The van der Waals surface area contributed by atoms with Crippen LogP contribution in [0.5, 0.6) is 0 Å². The Morgan fingerprint density at radius 1 is 1.11 bits per heavy atom. The third kappa shape index (κ3) is 4.31. The van der Waals surface area contributed by atoms with Gasteiger partial charge in [-0.15, -0.1) is 0 Å². The van der Waals surface area contributed by atoms with Gasteiger partial charge < -0.3 is 20.9 Å². The molecule has 2 aliphatic heterocycles. The highest BCUT2D eigenvalue weighted by atomic mass is 16.2. The number of rotatable bonds is 5. The zero-order chi connectivity index (χ0) is 25.6. The third-order valence-electron chi connectivity index (χ3n) is 7.21. The molecule has 2 amide bonds. The number of amides is 2. The number of aromatic amines is 1. The number of benzene rings is 2. The van der Waals surface area contributed by atoms with Crippen LogP contribution >= 0.6 is 0 Å². The van der Waals surface area contributed by atoms with E-state index < -0.39 is 0 Å². The van der Waals surface area contributed by atoms with Crippen molar-refractivity contribution in [3.8, 4) is 0 Å². The zero-order valence-corrected chi connectivity index (χ0v) is 20.8. The van der Waals surface area contributed by atoms with E-state index in [0.717, 1.165) is 47.2 Å². The number of carbonyl (C=O) groups excluding carboxylic acids is 2. The molecule has 4 N–H and O–H groups in total. The quantitative estimate of drug-likeness (QED) is 0.328. The van der Waals surface area contributed by atoms with Crippen LogP contribution in [-0.2, 0) is 10.2 Å². The van der Waals surface area contributed by atoms with Crippen molar-refractivity contribution in [2.24, 2.45) is 0 Å². The van der Waals surface area contributed by atoms with E-state index in [1.807, 2.05) is 41.3 Å². The lowest BCUT2D eigenvalue weighted by atomic mass is 9.87. The van der Waals surface area contributed by atoms with Crippen LogP contribution in [0.3, 0.4) is 0 Å². The van der Waals surface area contributed by atoms with E-state index >= 15 is 0 Å². The van der Waals surface area contributed by atoms with E-state index in [2.05, 4.69) is 45.0 Å². The maximum atomic E-state index is 13.4. The van der Waals surface area contributed by atoms with Gasteiger partial charge in [-0.25, -0.2) is 4.98 Å². The molecular formula is C28H29N7O2. The largest absolute Gasteiger partial charge is 0.340 e. The average Bonchev–Trinajstić information content (AvgIpc) is 3.63. The smallest absolute Gasteiger partial charge is 0.259 e. The van der Waals surface area contributed by atoms with Crippen LogP contribution in [0, 0.1) is 0 Å². The van der Waals surface area contributed by atoms with Crippen molar-refractivity contribution in [1.82, 2.24) is 20.5 Å². The molecule has 1 saturated heterocycles. The number of nitrogens with one attached hydrogen (secondary N) is 4. The van der Waals surface area contributed by atoms with Gasteiger partial charge in [0.05, 0.1) is 23.3 Å². The lowest BCUT2D eigenvalue weighted by Crippen LogP contribution is -2.44. The fourth-order valence-electron chi connectivity index (χ4n) is 5.29. The molecule has 0 saturated carbocycles.